The molecule has 0 bridgehead atoms. The normalized spacial score (nSPS) is 13.9. The van der Waals surface area contributed by atoms with Crippen molar-refractivity contribution in [2.24, 2.45) is 0 Å². The summed E-state index contributed by atoms with van der Waals surface area (Å²) in [6, 6.07) is 18.4. The maximum absolute atomic E-state index is 13.6. The van der Waals surface area contributed by atoms with Gasteiger partial charge in [-0.15, -0.1) is 0 Å². The van der Waals surface area contributed by atoms with Crippen LogP contribution < -0.4 is 10.5 Å². The molecule has 0 amide bonds. The van der Waals surface area contributed by atoms with E-state index >= 15 is 0 Å². The number of anilines is 1. The SMILES string of the molecule is Cc1ccc(C)c(-c2nn(-c3cc(N4CCCCC4)ccc3[N+](=O)[O-])c(=O)c3ccccc23)c1. The quantitative estimate of drug-likeness (QED) is 0.297. The van der Waals surface area contributed by atoms with Gasteiger partial charge in [-0.3, -0.25) is 14.9 Å². The number of rotatable bonds is 4. The Morgan fingerprint density at radius 3 is 2.38 bits per heavy atom. The first-order valence-corrected chi connectivity index (χ1v) is 11.6. The zero-order valence-corrected chi connectivity index (χ0v) is 19.3. The summed E-state index contributed by atoms with van der Waals surface area (Å²) in [6.07, 6.45) is 3.34. The molecule has 0 radical (unpaired) electrons. The standard InChI is InChI=1S/C27H26N4O3/c1-18-10-11-19(2)23(16-18)26-21-8-4-5-9-22(21)27(32)30(28-26)25-17-20(12-13-24(25)31(33)34)29-14-6-3-7-15-29/h4-5,8-13,16-17H,3,6-7,14-15H2,1-2H3. The van der Waals surface area contributed by atoms with Crippen LogP contribution in [0.2, 0.25) is 0 Å². The molecule has 1 aliphatic rings. The molecule has 0 aliphatic carbocycles. The number of aryl methyl sites for hydroxylation is 2. The predicted molar refractivity (Wildman–Crippen MR) is 135 cm³/mol. The number of nitro groups is 1. The maximum Gasteiger partial charge on any atom is 0.295 e. The van der Waals surface area contributed by atoms with Crippen LogP contribution in [0.15, 0.2) is 65.5 Å². The number of piperidine rings is 1. The molecule has 0 unspecified atom stereocenters. The largest absolute Gasteiger partial charge is 0.371 e. The Hall–Kier alpha value is -4.00. The average molecular weight is 455 g/mol. The van der Waals surface area contributed by atoms with E-state index in [-0.39, 0.29) is 16.9 Å². The summed E-state index contributed by atoms with van der Waals surface area (Å²) in [5, 5.41) is 17.9. The molecule has 2 heterocycles. The Labute approximate surface area is 197 Å². The van der Waals surface area contributed by atoms with Gasteiger partial charge in [-0.1, -0.05) is 35.9 Å². The molecule has 1 fully saturated rings. The molecule has 34 heavy (non-hydrogen) atoms. The van der Waals surface area contributed by atoms with Gasteiger partial charge >= 0.3 is 0 Å². The topological polar surface area (TPSA) is 81.3 Å². The summed E-state index contributed by atoms with van der Waals surface area (Å²) < 4.78 is 1.21. The summed E-state index contributed by atoms with van der Waals surface area (Å²) in [4.78, 5) is 27.3. The molecule has 7 nitrogen and oxygen atoms in total. The number of hydrogen-bond acceptors (Lipinski definition) is 5. The van der Waals surface area contributed by atoms with Crippen molar-refractivity contribution >= 4 is 22.1 Å². The number of nitro benzene ring substituents is 1. The van der Waals surface area contributed by atoms with Gasteiger partial charge in [-0.25, -0.2) is 0 Å². The van der Waals surface area contributed by atoms with Crippen molar-refractivity contribution in [2.45, 2.75) is 33.1 Å². The van der Waals surface area contributed by atoms with Crippen molar-refractivity contribution < 1.29 is 4.92 Å². The van der Waals surface area contributed by atoms with Gasteiger partial charge in [0.15, 0.2) is 0 Å². The predicted octanol–water partition coefficient (Wildman–Crippen LogP) is 5.57. The summed E-state index contributed by atoms with van der Waals surface area (Å²) in [5.74, 6) is 0. The van der Waals surface area contributed by atoms with Crippen LogP contribution in [0, 0.1) is 24.0 Å². The molecule has 0 saturated carbocycles. The van der Waals surface area contributed by atoms with Gasteiger partial charge in [-0.05, 0) is 62.9 Å². The molecule has 0 spiro atoms. The highest BCUT2D eigenvalue weighted by molar-refractivity contribution is 5.94. The zero-order valence-electron chi connectivity index (χ0n) is 19.3. The van der Waals surface area contributed by atoms with E-state index in [4.69, 9.17) is 5.10 Å². The van der Waals surface area contributed by atoms with E-state index in [0.29, 0.717) is 11.1 Å². The van der Waals surface area contributed by atoms with Crippen molar-refractivity contribution in [2.75, 3.05) is 18.0 Å². The van der Waals surface area contributed by atoms with Gasteiger partial charge in [0.2, 0.25) is 0 Å². The first-order valence-electron chi connectivity index (χ1n) is 11.6. The lowest BCUT2D eigenvalue weighted by Gasteiger charge is -2.29. The highest BCUT2D eigenvalue weighted by Gasteiger charge is 2.23. The van der Waals surface area contributed by atoms with Crippen molar-refractivity contribution in [3.8, 4) is 16.9 Å². The number of nitrogens with zero attached hydrogens (tertiary/aromatic N) is 4. The lowest BCUT2D eigenvalue weighted by molar-refractivity contribution is -0.384. The van der Waals surface area contributed by atoms with E-state index < -0.39 is 4.92 Å². The van der Waals surface area contributed by atoms with Crippen LogP contribution in [0.5, 0.6) is 0 Å². The molecule has 0 N–H and O–H groups in total. The third kappa shape index (κ3) is 3.83. The van der Waals surface area contributed by atoms with Crippen molar-refractivity contribution in [1.29, 1.82) is 0 Å². The number of fused-ring (bicyclic) bond motifs is 1. The highest BCUT2D eigenvalue weighted by Crippen LogP contribution is 2.32. The van der Waals surface area contributed by atoms with Gasteiger partial charge in [0.05, 0.1) is 16.0 Å². The fourth-order valence-corrected chi connectivity index (χ4v) is 4.73. The molecule has 3 aromatic carbocycles. The molecule has 0 atom stereocenters. The van der Waals surface area contributed by atoms with Crippen LogP contribution in [-0.4, -0.2) is 27.8 Å². The Kier molecular flexibility index (Phi) is 5.61. The minimum atomic E-state index is -0.448. The summed E-state index contributed by atoms with van der Waals surface area (Å²) in [5.41, 5.74) is 4.17. The van der Waals surface area contributed by atoms with Crippen LogP contribution in [-0.2, 0) is 0 Å². The summed E-state index contributed by atoms with van der Waals surface area (Å²) in [6.45, 7) is 5.80. The number of aromatic nitrogens is 2. The highest BCUT2D eigenvalue weighted by atomic mass is 16.6. The van der Waals surface area contributed by atoms with Crippen molar-refractivity contribution in [3.05, 3.63) is 92.3 Å². The van der Waals surface area contributed by atoms with Crippen LogP contribution >= 0.6 is 0 Å². The van der Waals surface area contributed by atoms with E-state index in [1.54, 1.807) is 24.3 Å². The second-order valence-corrected chi connectivity index (χ2v) is 8.91. The minimum absolute atomic E-state index is 0.141. The van der Waals surface area contributed by atoms with Crippen molar-refractivity contribution in [1.82, 2.24) is 9.78 Å². The van der Waals surface area contributed by atoms with Gasteiger partial charge in [0.25, 0.3) is 11.2 Å². The van der Waals surface area contributed by atoms with Crippen molar-refractivity contribution in [3.63, 3.8) is 0 Å². The Morgan fingerprint density at radius 2 is 1.65 bits per heavy atom. The molecular weight excluding hydrogens is 428 g/mol. The molecule has 1 aliphatic heterocycles. The lowest BCUT2D eigenvalue weighted by Crippen LogP contribution is -2.30. The first-order chi connectivity index (χ1) is 16.4. The fraction of sp³-hybridized carbons (Fsp3) is 0.259. The van der Waals surface area contributed by atoms with Gasteiger partial charge in [0, 0.05) is 35.8 Å². The number of benzene rings is 3. The molecule has 1 aromatic heterocycles. The van der Waals surface area contributed by atoms with E-state index in [0.717, 1.165) is 53.7 Å². The third-order valence-corrected chi connectivity index (χ3v) is 6.56. The van der Waals surface area contributed by atoms with Crippen LogP contribution in [0.3, 0.4) is 0 Å². The molecular formula is C27H26N4O3. The molecule has 4 aromatic rings. The smallest absolute Gasteiger partial charge is 0.295 e. The lowest BCUT2D eigenvalue weighted by atomic mass is 9.99. The number of hydrogen-bond donors (Lipinski definition) is 0. The van der Waals surface area contributed by atoms with Crippen LogP contribution in [0.1, 0.15) is 30.4 Å². The third-order valence-electron chi connectivity index (χ3n) is 6.56. The van der Waals surface area contributed by atoms with E-state index in [9.17, 15) is 14.9 Å². The summed E-state index contributed by atoms with van der Waals surface area (Å²) in [7, 11) is 0. The monoisotopic (exact) mass is 454 g/mol. The Bertz CT molecular complexity index is 1470. The van der Waals surface area contributed by atoms with Gasteiger partial charge < -0.3 is 4.90 Å². The van der Waals surface area contributed by atoms with E-state index in [1.807, 2.05) is 44.2 Å². The zero-order chi connectivity index (χ0) is 23.8. The maximum atomic E-state index is 13.6. The minimum Gasteiger partial charge on any atom is -0.371 e. The molecule has 1 saturated heterocycles. The first kappa shape index (κ1) is 21.8. The van der Waals surface area contributed by atoms with Gasteiger partial charge in [0.1, 0.15) is 5.69 Å². The van der Waals surface area contributed by atoms with E-state index in [2.05, 4.69) is 4.90 Å². The van der Waals surface area contributed by atoms with E-state index in [1.165, 1.54) is 17.2 Å². The average Bonchev–Trinajstić information content (AvgIpc) is 2.86. The van der Waals surface area contributed by atoms with Crippen LogP contribution in [0.25, 0.3) is 27.7 Å². The Morgan fingerprint density at radius 1 is 0.912 bits per heavy atom. The molecule has 172 valence electrons. The molecule has 5 rings (SSSR count). The van der Waals surface area contributed by atoms with Gasteiger partial charge in [-0.2, -0.15) is 9.78 Å². The summed E-state index contributed by atoms with van der Waals surface area (Å²) >= 11 is 0. The second kappa shape index (κ2) is 8.74. The fourth-order valence-electron chi connectivity index (χ4n) is 4.73. The molecule has 7 heteroatoms. The van der Waals surface area contributed by atoms with Crippen LogP contribution in [0.4, 0.5) is 11.4 Å². The second-order valence-electron chi connectivity index (χ2n) is 8.91. The Balaban J connectivity index is 1.81.